The number of benzene rings is 2. The van der Waals surface area contributed by atoms with Crippen LogP contribution in [0.4, 0.5) is 10.5 Å². The number of aromatic nitrogens is 1. The van der Waals surface area contributed by atoms with Crippen LogP contribution >= 0.6 is 0 Å². The van der Waals surface area contributed by atoms with Crippen LogP contribution in [0.25, 0.3) is 0 Å². The summed E-state index contributed by atoms with van der Waals surface area (Å²) in [5.74, 6) is 0. The highest BCUT2D eigenvalue weighted by atomic mass is 16.6. The fraction of sp³-hybridized carbons (Fsp3) is 0.308. The minimum absolute atomic E-state index is 0.237. The molecule has 1 amide bonds. The van der Waals surface area contributed by atoms with Crippen LogP contribution in [0.1, 0.15) is 49.1 Å². The standard InChI is InChI=1S/C26H29N3O2/c1-26(2,3)29(25(30)31-18-19-8-5-4-6-9-19)24(21-12-15-27-16-13-21)22-11-7-10-20-14-17-28-23(20)22/h4-13,15-16,24,28H,14,17-18H2,1-3H3. The van der Waals surface area contributed by atoms with Gasteiger partial charge in [0.2, 0.25) is 0 Å². The van der Waals surface area contributed by atoms with Crippen molar-refractivity contribution in [1.82, 2.24) is 9.88 Å². The van der Waals surface area contributed by atoms with E-state index in [-0.39, 0.29) is 18.7 Å². The summed E-state index contributed by atoms with van der Waals surface area (Å²) in [7, 11) is 0. The van der Waals surface area contributed by atoms with Gasteiger partial charge in [0, 0.05) is 35.7 Å². The Labute approximate surface area is 184 Å². The summed E-state index contributed by atoms with van der Waals surface area (Å²) < 4.78 is 5.81. The van der Waals surface area contributed by atoms with E-state index in [4.69, 9.17) is 4.74 Å². The average Bonchev–Trinajstić information content (AvgIpc) is 3.25. The van der Waals surface area contributed by atoms with E-state index in [2.05, 4.69) is 28.5 Å². The first kappa shape index (κ1) is 20.9. The lowest BCUT2D eigenvalue weighted by molar-refractivity contribution is 0.0478. The normalized spacial score (nSPS) is 13.8. The highest BCUT2D eigenvalue weighted by Crippen LogP contribution is 2.40. The third kappa shape index (κ3) is 4.55. The SMILES string of the molecule is CC(C)(C)N(C(=O)OCc1ccccc1)C(c1ccncc1)c1cccc2c1NCC2. The number of para-hydroxylation sites is 1. The molecule has 2 aromatic carbocycles. The zero-order valence-corrected chi connectivity index (χ0v) is 18.3. The number of hydrogen-bond donors (Lipinski definition) is 1. The second-order valence-corrected chi connectivity index (χ2v) is 8.82. The highest BCUT2D eigenvalue weighted by molar-refractivity contribution is 5.72. The Morgan fingerprint density at radius 1 is 1.06 bits per heavy atom. The Morgan fingerprint density at radius 2 is 1.81 bits per heavy atom. The first-order chi connectivity index (χ1) is 14.9. The minimum Gasteiger partial charge on any atom is -0.445 e. The molecule has 0 saturated heterocycles. The summed E-state index contributed by atoms with van der Waals surface area (Å²) in [4.78, 5) is 19.6. The number of fused-ring (bicyclic) bond motifs is 1. The lowest BCUT2D eigenvalue weighted by Gasteiger charge is -2.41. The molecule has 3 aromatic rings. The minimum atomic E-state index is -0.469. The summed E-state index contributed by atoms with van der Waals surface area (Å²) >= 11 is 0. The third-order valence-corrected chi connectivity index (χ3v) is 5.58. The van der Waals surface area contributed by atoms with Crippen molar-refractivity contribution in [3.63, 3.8) is 0 Å². The number of ether oxygens (including phenoxy) is 1. The van der Waals surface area contributed by atoms with E-state index >= 15 is 0 Å². The van der Waals surface area contributed by atoms with Crippen LogP contribution in [0.15, 0.2) is 73.1 Å². The lowest BCUT2D eigenvalue weighted by atomic mass is 9.91. The Bertz CT molecular complexity index is 1030. The number of carbonyl (C=O) groups is 1. The van der Waals surface area contributed by atoms with Crippen LogP contribution in [0, 0.1) is 0 Å². The molecule has 0 fully saturated rings. The van der Waals surface area contributed by atoms with Gasteiger partial charge in [-0.1, -0.05) is 48.5 Å². The molecule has 1 unspecified atom stereocenters. The Kier molecular flexibility index (Phi) is 5.94. The number of hydrogen-bond acceptors (Lipinski definition) is 4. The number of pyridine rings is 1. The van der Waals surface area contributed by atoms with Gasteiger partial charge in [0.05, 0.1) is 6.04 Å². The quantitative estimate of drug-likeness (QED) is 0.591. The summed E-state index contributed by atoms with van der Waals surface area (Å²) in [5, 5.41) is 3.53. The van der Waals surface area contributed by atoms with E-state index < -0.39 is 5.54 Å². The first-order valence-corrected chi connectivity index (χ1v) is 10.7. The van der Waals surface area contributed by atoms with Gasteiger partial charge in [0.1, 0.15) is 6.61 Å². The molecule has 1 aromatic heterocycles. The molecule has 0 spiro atoms. The molecule has 1 atom stereocenters. The van der Waals surface area contributed by atoms with Gasteiger partial charge in [-0.3, -0.25) is 9.88 Å². The highest BCUT2D eigenvalue weighted by Gasteiger charge is 2.38. The van der Waals surface area contributed by atoms with Gasteiger partial charge < -0.3 is 10.1 Å². The van der Waals surface area contributed by atoms with Gasteiger partial charge in [0.25, 0.3) is 0 Å². The molecule has 5 heteroatoms. The van der Waals surface area contributed by atoms with Crippen molar-refractivity contribution in [3.05, 3.63) is 95.3 Å². The average molecular weight is 416 g/mol. The van der Waals surface area contributed by atoms with E-state index in [1.54, 1.807) is 12.4 Å². The molecule has 4 rings (SSSR count). The predicted octanol–water partition coefficient (Wildman–Crippen LogP) is 5.58. The van der Waals surface area contributed by atoms with Gasteiger partial charge in [-0.25, -0.2) is 4.79 Å². The fourth-order valence-electron chi connectivity index (χ4n) is 4.16. The molecule has 1 aliphatic rings. The van der Waals surface area contributed by atoms with Gasteiger partial charge in [-0.15, -0.1) is 0 Å². The predicted molar refractivity (Wildman–Crippen MR) is 123 cm³/mol. The summed E-state index contributed by atoms with van der Waals surface area (Å²) in [6, 6.07) is 19.7. The molecule has 160 valence electrons. The molecular weight excluding hydrogens is 386 g/mol. The van der Waals surface area contributed by atoms with Gasteiger partial charge >= 0.3 is 6.09 Å². The van der Waals surface area contributed by atoms with Crippen LogP contribution in [0.2, 0.25) is 0 Å². The zero-order chi connectivity index (χ0) is 21.8. The monoisotopic (exact) mass is 415 g/mol. The molecule has 5 nitrogen and oxygen atoms in total. The summed E-state index contributed by atoms with van der Waals surface area (Å²) in [5.41, 5.74) is 4.98. The van der Waals surface area contributed by atoms with E-state index in [0.717, 1.165) is 35.3 Å². The molecule has 0 aliphatic carbocycles. The van der Waals surface area contributed by atoms with Crippen LogP contribution in [0.5, 0.6) is 0 Å². The molecule has 0 bridgehead atoms. The van der Waals surface area contributed by atoms with Crippen LogP contribution in [0.3, 0.4) is 0 Å². The smallest absolute Gasteiger partial charge is 0.411 e. The van der Waals surface area contributed by atoms with E-state index in [1.807, 2.05) is 68.1 Å². The van der Waals surface area contributed by atoms with Gasteiger partial charge in [-0.05, 0) is 56.0 Å². The van der Waals surface area contributed by atoms with Crippen LogP contribution in [-0.4, -0.2) is 28.1 Å². The molecule has 1 aliphatic heterocycles. The zero-order valence-electron chi connectivity index (χ0n) is 18.3. The largest absolute Gasteiger partial charge is 0.445 e. The number of anilines is 1. The Hall–Kier alpha value is -3.34. The molecule has 31 heavy (non-hydrogen) atoms. The number of carbonyl (C=O) groups excluding carboxylic acids is 1. The molecule has 2 heterocycles. The van der Waals surface area contributed by atoms with E-state index in [0.29, 0.717) is 0 Å². The fourth-order valence-corrected chi connectivity index (χ4v) is 4.16. The molecular formula is C26H29N3O2. The number of nitrogens with one attached hydrogen (secondary N) is 1. The molecule has 1 N–H and O–H groups in total. The van der Waals surface area contributed by atoms with E-state index in [1.165, 1.54) is 5.56 Å². The Balaban J connectivity index is 1.75. The first-order valence-electron chi connectivity index (χ1n) is 10.7. The van der Waals surface area contributed by atoms with E-state index in [9.17, 15) is 4.79 Å². The number of amides is 1. The van der Waals surface area contributed by atoms with Crippen molar-refractivity contribution in [3.8, 4) is 0 Å². The van der Waals surface area contributed by atoms with Crippen molar-refractivity contribution in [1.29, 1.82) is 0 Å². The maximum Gasteiger partial charge on any atom is 0.411 e. The topological polar surface area (TPSA) is 54.5 Å². The molecule has 0 saturated carbocycles. The third-order valence-electron chi connectivity index (χ3n) is 5.58. The summed E-state index contributed by atoms with van der Waals surface area (Å²) in [6.45, 7) is 7.27. The van der Waals surface area contributed by atoms with Crippen LogP contribution < -0.4 is 5.32 Å². The van der Waals surface area contributed by atoms with Gasteiger partial charge in [-0.2, -0.15) is 0 Å². The molecule has 0 radical (unpaired) electrons. The second kappa shape index (κ2) is 8.80. The van der Waals surface area contributed by atoms with Crippen molar-refractivity contribution < 1.29 is 9.53 Å². The van der Waals surface area contributed by atoms with Gasteiger partial charge in [0.15, 0.2) is 0 Å². The maximum atomic E-state index is 13.5. The van der Waals surface area contributed by atoms with Crippen molar-refractivity contribution in [2.45, 2.75) is 45.4 Å². The van der Waals surface area contributed by atoms with Crippen molar-refractivity contribution >= 4 is 11.8 Å². The number of rotatable bonds is 5. The maximum absolute atomic E-state index is 13.5. The van der Waals surface area contributed by atoms with Crippen LogP contribution in [-0.2, 0) is 17.8 Å². The number of nitrogens with zero attached hydrogens (tertiary/aromatic N) is 2. The summed E-state index contributed by atoms with van der Waals surface area (Å²) in [6.07, 6.45) is 4.19. The van der Waals surface area contributed by atoms with Crippen molar-refractivity contribution in [2.24, 2.45) is 0 Å². The lowest BCUT2D eigenvalue weighted by Crippen LogP contribution is -2.48. The Morgan fingerprint density at radius 3 is 2.52 bits per heavy atom. The van der Waals surface area contributed by atoms with Crippen molar-refractivity contribution in [2.75, 3.05) is 11.9 Å². The second-order valence-electron chi connectivity index (χ2n) is 8.82.